The number of anilines is 1. The van der Waals surface area contributed by atoms with Crippen molar-refractivity contribution in [3.8, 4) is 11.5 Å². The number of hydrogen-bond donors (Lipinski definition) is 2. The lowest BCUT2D eigenvalue weighted by Crippen LogP contribution is -2.29. The molecule has 8 nitrogen and oxygen atoms in total. The molecular weight excluding hydrogens is 338 g/mol. The van der Waals surface area contributed by atoms with E-state index in [0.29, 0.717) is 22.7 Å². The van der Waals surface area contributed by atoms with Crippen LogP contribution in [0.1, 0.15) is 5.56 Å². The summed E-state index contributed by atoms with van der Waals surface area (Å²) in [4.78, 5) is 22.3. The van der Waals surface area contributed by atoms with Crippen LogP contribution in [0.25, 0.3) is 0 Å². The van der Waals surface area contributed by atoms with Crippen molar-refractivity contribution in [2.45, 2.75) is 0 Å². The predicted molar refractivity (Wildman–Crippen MR) is 94.2 cm³/mol. The van der Waals surface area contributed by atoms with Crippen LogP contribution in [0.2, 0.25) is 0 Å². The Morgan fingerprint density at radius 1 is 1.12 bits per heavy atom. The first-order valence-corrected chi connectivity index (χ1v) is 7.70. The summed E-state index contributed by atoms with van der Waals surface area (Å²) in [5.74, 6) is -0.739. The van der Waals surface area contributed by atoms with Gasteiger partial charge in [0.15, 0.2) is 0 Å². The zero-order chi connectivity index (χ0) is 18.8. The van der Waals surface area contributed by atoms with Crippen LogP contribution in [-0.2, 0) is 9.59 Å². The van der Waals surface area contributed by atoms with E-state index in [1.807, 2.05) is 12.1 Å². The van der Waals surface area contributed by atoms with Crippen LogP contribution in [0.3, 0.4) is 0 Å². The molecule has 0 aliphatic rings. The van der Waals surface area contributed by atoms with Gasteiger partial charge in [-0.15, -0.1) is 0 Å². The molecule has 0 saturated heterocycles. The molecule has 0 saturated carbocycles. The number of rotatable bonds is 9. The van der Waals surface area contributed by atoms with Crippen LogP contribution in [0.4, 0.5) is 5.69 Å². The molecule has 0 aliphatic heterocycles. The fourth-order valence-electron chi connectivity index (χ4n) is 2.03. The number of nitrogens with one attached hydrogen (secondary N) is 2. The number of carboxylic acid groups (broad SMARTS) is 1. The van der Waals surface area contributed by atoms with Crippen molar-refractivity contribution in [1.82, 2.24) is 5.43 Å². The van der Waals surface area contributed by atoms with Crippen molar-refractivity contribution in [2.24, 2.45) is 5.10 Å². The Balaban J connectivity index is 1.88. The van der Waals surface area contributed by atoms with Crippen molar-refractivity contribution in [3.63, 3.8) is 0 Å². The number of para-hydroxylation sites is 3. The number of hydrazone groups is 1. The van der Waals surface area contributed by atoms with Gasteiger partial charge in [-0.2, -0.15) is 5.10 Å². The molecule has 0 atom stereocenters. The molecule has 0 aliphatic carbocycles. The number of aliphatic carboxylic acids is 1. The second-order valence-electron chi connectivity index (χ2n) is 5.05. The Morgan fingerprint density at radius 3 is 2.54 bits per heavy atom. The van der Waals surface area contributed by atoms with Crippen LogP contribution < -0.4 is 25.3 Å². The average molecular weight is 356 g/mol. The normalized spacial score (nSPS) is 10.3. The van der Waals surface area contributed by atoms with E-state index in [0.717, 1.165) is 0 Å². The Kier molecular flexibility index (Phi) is 6.99. The number of amides is 1. The molecule has 0 unspecified atom stereocenters. The zero-order valence-corrected chi connectivity index (χ0v) is 14.1. The molecule has 0 fully saturated rings. The number of benzene rings is 2. The van der Waals surface area contributed by atoms with Crippen molar-refractivity contribution in [3.05, 3.63) is 54.1 Å². The van der Waals surface area contributed by atoms with Crippen molar-refractivity contribution in [2.75, 3.05) is 25.6 Å². The highest BCUT2D eigenvalue weighted by molar-refractivity contribution is 5.86. The summed E-state index contributed by atoms with van der Waals surface area (Å²) in [6.07, 6.45) is 1.37. The van der Waals surface area contributed by atoms with Gasteiger partial charge >= 0.3 is 0 Å². The lowest BCUT2D eigenvalue weighted by atomic mass is 10.2. The van der Waals surface area contributed by atoms with E-state index >= 15 is 0 Å². The molecule has 0 radical (unpaired) electrons. The summed E-state index contributed by atoms with van der Waals surface area (Å²) in [6.45, 7) is -0.569. The van der Waals surface area contributed by atoms with Gasteiger partial charge in [0.05, 0.1) is 31.5 Å². The van der Waals surface area contributed by atoms with Gasteiger partial charge in [0.25, 0.3) is 5.91 Å². The fourth-order valence-corrected chi connectivity index (χ4v) is 2.03. The van der Waals surface area contributed by atoms with Gasteiger partial charge in [-0.3, -0.25) is 4.79 Å². The quantitative estimate of drug-likeness (QED) is 0.496. The van der Waals surface area contributed by atoms with E-state index in [1.54, 1.807) is 43.5 Å². The minimum Gasteiger partial charge on any atom is -0.546 e. The first kappa shape index (κ1) is 18.8. The van der Waals surface area contributed by atoms with Crippen LogP contribution in [-0.4, -0.2) is 38.4 Å². The maximum atomic E-state index is 11.9. The molecule has 2 N–H and O–H groups in total. The number of carbonyl (C=O) groups excluding carboxylic acids is 2. The molecule has 0 heterocycles. The average Bonchev–Trinajstić information content (AvgIpc) is 2.65. The SMILES string of the molecule is COc1ccccc1NCC(=O)N/N=C/c1ccccc1OCC(=O)[O-]. The number of carboxylic acids is 1. The lowest BCUT2D eigenvalue weighted by Gasteiger charge is -2.10. The third-order valence-electron chi connectivity index (χ3n) is 3.20. The van der Waals surface area contributed by atoms with E-state index in [9.17, 15) is 14.7 Å². The van der Waals surface area contributed by atoms with Gasteiger partial charge in [-0.1, -0.05) is 24.3 Å². The topological polar surface area (TPSA) is 112 Å². The van der Waals surface area contributed by atoms with Gasteiger partial charge in [-0.05, 0) is 24.3 Å². The number of carbonyl (C=O) groups is 2. The Bertz CT molecular complexity index is 792. The summed E-state index contributed by atoms with van der Waals surface area (Å²) in [6, 6.07) is 13.9. The molecular formula is C18H18N3O5-. The first-order valence-electron chi connectivity index (χ1n) is 7.70. The highest BCUT2D eigenvalue weighted by atomic mass is 16.5. The highest BCUT2D eigenvalue weighted by Gasteiger charge is 2.04. The maximum Gasteiger partial charge on any atom is 0.259 e. The number of methoxy groups -OCH3 is 1. The van der Waals surface area contributed by atoms with Crippen molar-refractivity contribution < 1.29 is 24.2 Å². The number of ether oxygens (including phenoxy) is 2. The van der Waals surface area contributed by atoms with E-state index < -0.39 is 12.6 Å². The summed E-state index contributed by atoms with van der Waals surface area (Å²) < 4.78 is 10.3. The van der Waals surface area contributed by atoms with E-state index in [4.69, 9.17) is 9.47 Å². The second kappa shape index (κ2) is 9.67. The van der Waals surface area contributed by atoms with Crippen LogP contribution in [0.5, 0.6) is 11.5 Å². The summed E-state index contributed by atoms with van der Waals surface area (Å²) in [5, 5.41) is 17.3. The highest BCUT2D eigenvalue weighted by Crippen LogP contribution is 2.22. The molecule has 136 valence electrons. The third-order valence-corrected chi connectivity index (χ3v) is 3.20. The third kappa shape index (κ3) is 5.82. The maximum absolute atomic E-state index is 11.9. The Morgan fingerprint density at radius 2 is 1.81 bits per heavy atom. The number of nitrogens with zero attached hydrogens (tertiary/aromatic N) is 1. The minimum atomic E-state index is -1.33. The van der Waals surface area contributed by atoms with Crippen LogP contribution in [0.15, 0.2) is 53.6 Å². The van der Waals surface area contributed by atoms with E-state index in [-0.39, 0.29) is 12.5 Å². The van der Waals surface area contributed by atoms with Gasteiger partial charge < -0.3 is 24.7 Å². The van der Waals surface area contributed by atoms with Crippen molar-refractivity contribution >= 4 is 23.8 Å². The molecule has 8 heteroatoms. The van der Waals surface area contributed by atoms with E-state index in [1.165, 1.54) is 6.21 Å². The van der Waals surface area contributed by atoms with Crippen molar-refractivity contribution in [1.29, 1.82) is 0 Å². The van der Waals surface area contributed by atoms with Crippen LogP contribution in [0, 0.1) is 0 Å². The molecule has 2 aromatic rings. The van der Waals surface area contributed by atoms with Gasteiger partial charge in [0.2, 0.25) is 0 Å². The summed E-state index contributed by atoms with van der Waals surface area (Å²) in [5.41, 5.74) is 3.58. The predicted octanol–water partition coefficient (Wildman–Crippen LogP) is 0.386. The Hall–Kier alpha value is -3.55. The van der Waals surface area contributed by atoms with Gasteiger partial charge in [-0.25, -0.2) is 5.43 Å². The minimum absolute atomic E-state index is 0.000539. The standard InChI is InChI=1S/C18H19N3O5/c1-25-16-9-5-3-7-14(16)19-11-17(22)21-20-10-13-6-2-4-8-15(13)26-12-18(23)24/h2-10,19H,11-12H2,1H3,(H,21,22)(H,23,24)/p-1/b20-10+. The summed E-state index contributed by atoms with van der Waals surface area (Å²) >= 11 is 0. The largest absolute Gasteiger partial charge is 0.546 e. The van der Waals surface area contributed by atoms with Gasteiger partial charge in [0, 0.05) is 5.56 Å². The lowest BCUT2D eigenvalue weighted by molar-refractivity contribution is -0.307. The molecule has 26 heavy (non-hydrogen) atoms. The summed E-state index contributed by atoms with van der Waals surface area (Å²) in [7, 11) is 1.55. The molecule has 0 bridgehead atoms. The second-order valence-corrected chi connectivity index (χ2v) is 5.05. The molecule has 2 aromatic carbocycles. The zero-order valence-electron chi connectivity index (χ0n) is 14.1. The molecule has 0 spiro atoms. The van der Waals surface area contributed by atoms with Crippen LogP contribution >= 0.6 is 0 Å². The molecule has 0 aromatic heterocycles. The molecule has 2 rings (SSSR count). The molecule has 1 amide bonds. The first-order chi connectivity index (χ1) is 12.6. The monoisotopic (exact) mass is 356 g/mol. The smallest absolute Gasteiger partial charge is 0.259 e. The van der Waals surface area contributed by atoms with Gasteiger partial charge in [0.1, 0.15) is 18.1 Å². The van der Waals surface area contributed by atoms with E-state index in [2.05, 4.69) is 15.8 Å². The number of hydrogen-bond acceptors (Lipinski definition) is 7. The fraction of sp³-hybridized carbons (Fsp3) is 0.167. The Labute approximate surface area is 150 Å².